The summed E-state index contributed by atoms with van der Waals surface area (Å²) < 4.78 is 84.8. The number of aromatic hydroxyl groups is 1. The highest BCUT2D eigenvalue weighted by Crippen LogP contribution is 2.25. The first-order chi connectivity index (χ1) is 15.3. The summed E-state index contributed by atoms with van der Waals surface area (Å²) >= 11 is 0. The number of sulfonamides is 1. The highest BCUT2D eigenvalue weighted by molar-refractivity contribution is 7.89. The van der Waals surface area contributed by atoms with E-state index in [1.54, 1.807) is 0 Å². The number of phenols is 1. The predicted molar refractivity (Wildman–Crippen MR) is 117 cm³/mol. The molecule has 33 heavy (non-hydrogen) atoms. The van der Waals surface area contributed by atoms with E-state index in [0.717, 1.165) is 40.7 Å². The number of hydrogen-bond acceptors (Lipinski definition) is 9. The van der Waals surface area contributed by atoms with Crippen molar-refractivity contribution in [3.8, 4) is 17.2 Å². The second-order valence-electron chi connectivity index (χ2n) is 6.80. The maximum absolute atomic E-state index is 12.5. The van der Waals surface area contributed by atoms with Crippen LogP contribution in [0, 0.1) is 0 Å². The molecule has 0 fully saturated rings. The van der Waals surface area contributed by atoms with Crippen molar-refractivity contribution >= 4 is 30.3 Å². The first-order valence-electron chi connectivity index (χ1n) is 9.12. The summed E-state index contributed by atoms with van der Waals surface area (Å²) in [5, 5.41) is 9.26. The zero-order chi connectivity index (χ0) is 24.4. The van der Waals surface area contributed by atoms with E-state index in [-0.39, 0.29) is 31.9 Å². The number of phenolic OH excluding ortho intramolecular Hbond substituents is 1. The lowest BCUT2D eigenvalue weighted by Gasteiger charge is -2.12. The molecule has 176 valence electrons. The molecule has 0 spiro atoms. The fourth-order valence-corrected chi connectivity index (χ4v) is 5.26. The van der Waals surface area contributed by atoms with E-state index in [2.05, 4.69) is 0 Å². The summed E-state index contributed by atoms with van der Waals surface area (Å²) in [5.74, 6) is -0.360. The van der Waals surface area contributed by atoms with Gasteiger partial charge in [0.2, 0.25) is 10.0 Å². The summed E-state index contributed by atoms with van der Waals surface area (Å²) in [5.41, 5.74) is 0. The average molecular weight is 514 g/mol. The topological polar surface area (TPSA) is 144 Å². The lowest BCUT2D eigenvalue weighted by Crippen LogP contribution is -2.22. The van der Waals surface area contributed by atoms with Crippen molar-refractivity contribution in [1.29, 1.82) is 0 Å². The quantitative estimate of drug-likeness (QED) is 0.448. The number of rotatable bonds is 8. The Morgan fingerprint density at radius 1 is 0.576 bits per heavy atom. The molecule has 0 saturated carbocycles. The first kappa shape index (κ1) is 24.5. The van der Waals surface area contributed by atoms with E-state index >= 15 is 0 Å². The highest BCUT2D eigenvalue weighted by Gasteiger charge is 2.21. The number of benzene rings is 3. The molecule has 0 unspecified atom stereocenters. The van der Waals surface area contributed by atoms with Gasteiger partial charge in [-0.1, -0.05) is 0 Å². The predicted octanol–water partition coefficient (Wildman–Crippen LogP) is 2.18. The molecule has 0 bridgehead atoms. The van der Waals surface area contributed by atoms with Crippen LogP contribution < -0.4 is 8.37 Å². The molecule has 10 nitrogen and oxygen atoms in total. The Bertz CT molecular complexity index is 1450. The zero-order valence-electron chi connectivity index (χ0n) is 17.3. The van der Waals surface area contributed by atoms with Gasteiger partial charge in [-0.25, -0.2) is 12.7 Å². The lowest BCUT2D eigenvalue weighted by molar-refractivity contribution is 0.473. The maximum Gasteiger partial charge on any atom is 0.339 e. The maximum atomic E-state index is 12.5. The van der Waals surface area contributed by atoms with Gasteiger partial charge in [0.1, 0.15) is 27.0 Å². The molecule has 3 aromatic carbocycles. The fraction of sp³-hybridized carbons (Fsp3) is 0.100. The van der Waals surface area contributed by atoms with Crippen LogP contribution in [0.1, 0.15) is 0 Å². The molecular weight excluding hydrogens is 494 g/mol. The Labute approximate surface area is 191 Å². The van der Waals surface area contributed by atoms with Crippen molar-refractivity contribution in [3.05, 3.63) is 72.8 Å². The van der Waals surface area contributed by atoms with Gasteiger partial charge < -0.3 is 13.5 Å². The minimum Gasteiger partial charge on any atom is -0.508 e. The monoisotopic (exact) mass is 513 g/mol. The van der Waals surface area contributed by atoms with Crippen molar-refractivity contribution in [2.45, 2.75) is 14.7 Å². The summed E-state index contributed by atoms with van der Waals surface area (Å²) in [6.07, 6.45) is 0. The molecule has 0 aromatic heterocycles. The van der Waals surface area contributed by atoms with E-state index < -0.39 is 30.3 Å². The summed E-state index contributed by atoms with van der Waals surface area (Å²) in [7, 11) is -9.42. The normalized spacial score (nSPS) is 12.5. The van der Waals surface area contributed by atoms with E-state index in [1.807, 2.05) is 0 Å². The first-order valence-corrected chi connectivity index (χ1v) is 13.4. The second kappa shape index (κ2) is 9.02. The van der Waals surface area contributed by atoms with Crippen LogP contribution in [0.5, 0.6) is 17.2 Å². The average Bonchev–Trinajstić information content (AvgIpc) is 2.74. The van der Waals surface area contributed by atoms with Crippen LogP contribution in [0.2, 0.25) is 0 Å². The molecule has 3 rings (SSSR count). The third-order valence-corrected chi connectivity index (χ3v) is 8.60. The van der Waals surface area contributed by atoms with Crippen molar-refractivity contribution in [1.82, 2.24) is 4.31 Å². The van der Waals surface area contributed by atoms with Crippen LogP contribution in [-0.2, 0) is 30.3 Å². The van der Waals surface area contributed by atoms with Gasteiger partial charge in [-0.3, -0.25) is 0 Å². The van der Waals surface area contributed by atoms with Crippen LogP contribution in [0.4, 0.5) is 0 Å². The van der Waals surface area contributed by atoms with Crippen molar-refractivity contribution in [3.63, 3.8) is 0 Å². The Kier molecular flexibility index (Phi) is 6.70. The van der Waals surface area contributed by atoms with Gasteiger partial charge in [-0.05, 0) is 72.8 Å². The molecule has 1 N–H and O–H groups in total. The third-order valence-electron chi connectivity index (χ3n) is 4.25. The van der Waals surface area contributed by atoms with Gasteiger partial charge in [-0.2, -0.15) is 16.8 Å². The zero-order valence-corrected chi connectivity index (χ0v) is 19.8. The van der Waals surface area contributed by atoms with Gasteiger partial charge in [-0.15, -0.1) is 0 Å². The summed E-state index contributed by atoms with van der Waals surface area (Å²) in [6.45, 7) is 0. The SMILES string of the molecule is CN(C)S(=O)(=O)c1ccc(OS(=O)(=O)c2ccc(OS(=O)(=O)c3ccc(O)cc3)cc2)cc1. The molecule has 0 aliphatic heterocycles. The molecule has 0 saturated heterocycles. The molecule has 0 amide bonds. The second-order valence-corrected chi connectivity index (χ2v) is 12.0. The lowest BCUT2D eigenvalue weighted by atomic mass is 10.3. The third kappa shape index (κ3) is 5.63. The molecule has 13 heteroatoms. The largest absolute Gasteiger partial charge is 0.508 e. The summed E-state index contributed by atoms with van der Waals surface area (Å²) in [4.78, 5) is -0.504. The molecule has 0 aliphatic carbocycles. The van der Waals surface area contributed by atoms with E-state index in [0.29, 0.717) is 0 Å². The smallest absolute Gasteiger partial charge is 0.339 e. The van der Waals surface area contributed by atoms with Crippen LogP contribution in [-0.4, -0.2) is 48.8 Å². The molecule has 0 atom stereocenters. The van der Waals surface area contributed by atoms with E-state index in [1.165, 1.54) is 50.5 Å². The van der Waals surface area contributed by atoms with Crippen LogP contribution in [0.15, 0.2) is 87.5 Å². The molecular formula is C20H19NO9S3. The van der Waals surface area contributed by atoms with Crippen molar-refractivity contribution in [2.75, 3.05) is 14.1 Å². The number of hydrogen-bond donors (Lipinski definition) is 1. The molecule has 0 radical (unpaired) electrons. The van der Waals surface area contributed by atoms with Gasteiger partial charge in [0.25, 0.3) is 0 Å². The van der Waals surface area contributed by atoms with Crippen molar-refractivity contribution < 1.29 is 38.7 Å². The minimum absolute atomic E-state index is 0.0337. The van der Waals surface area contributed by atoms with Crippen LogP contribution in [0.3, 0.4) is 0 Å². The molecule has 0 aliphatic rings. The minimum atomic E-state index is -4.29. The van der Waals surface area contributed by atoms with Gasteiger partial charge in [0.15, 0.2) is 0 Å². The molecule has 3 aromatic rings. The van der Waals surface area contributed by atoms with Crippen LogP contribution in [0.25, 0.3) is 0 Å². The van der Waals surface area contributed by atoms with E-state index in [4.69, 9.17) is 8.37 Å². The van der Waals surface area contributed by atoms with Gasteiger partial charge >= 0.3 is 20.2 Å². The van der Waals surface area contributed by atoms with Gasteiger partial charge in [0, 0.05) is 14.1 Å². The summed E-state index contributed by atoms with van der Waals surface area (Å²) in [6, 6.07) is 14.0. The van der Waals surface area contributed by atoms with Crippen molar-refractivity contribution in [2.24, 2.45) is 0 Å². The molecule has 0 heterocycles. The Hall–Kier alpha value is -3.13. The Morgan fingerprint density at radius 3 is 1.27 bits per heavy atom. The number of nitrogens with zero attached hydrogens (tertiary/aromatic N) is 1. The van der Waals surface area contributed by atoms with E-state index in [9.17, 15) is 30.4 Å². The highest BCUT2D eigenvalue weighted by atomic mass is 32.2. The van der Waals surface area contributed by atoms with Crippen LogP contribution >= 0.6 is 0 Å². The Morgan fingerprint density at radius 2 is 0.909 bits per heavy atom. The Balaban J connectivity index is 1.75. The van der Waals surface area contributed by atoms with Gasteiger partial charge in [0.05, 0.1) is 4.90 Å². The fourth-order valence-electron chi connectivity index (χ4n) is 2.50. The standard InChI is InChI=1S/C20H19NO9S3/c1-21(2)31(23,24)18-11-5-16(6-12-18)29-33(27,28)20-13-7-17(8-14-20)30-32(25,26)19-9-3-15(22)4-10-19/h3-14,22H,1-2H3.